The quantitative estimate of drug-likeness (QED) is 0.332. The molecule has 1 aromatic heterocycles. The monoisotopic (exact) mass is 493 g/mol. The molecular weight excluding hydrogens is 470 g/mol. The molecule has 2 aromatic rings. The van der Waals surface area contributed by atoms with Crippen LogP contribution in [0.2, 0.25) is 0 Å². The van der Waals surface area contributed by atoms with Crippen LogP contribution in [0.15, 0.2) is 39.6 Å². The lowest BCUT2D eigenvalue weighted by Crippen LogP contribution is -2.65. The molecule has 2 fully saturated rings. The zero-order valence-electron chi connectivity index (χ0n) is 18.9. The van der Waals surface area contributed by atoms with Crippen LogP contribution in [0.3, 0.4) is 0 Å². The number of rotatable bonds is 3. The molecule has 2 saturated carbocycles. The molecule has 6 rings (SSSR count). The third kappa shape index (κ3) is 2.80. The van der Waals surface area contributed by atoms with Crippen LogP contribution in [0.4, 0.5) is 0 Å². The van der Waals surface area contributed by atoms with Crippen LogP contribution in [-0.2, 0) is 20.8 Å². The number of phenolic OH excluding ortho intramolecular Hbond substituents is 1. The van der Waals surface area contributed by atoms with Crippen molar-refractivity contribution in [3.63, 3.8) is 0 Å². The Morgan fingerprint density at radius 2 is 1.86 bits per heavy atom. The fourth-order valence-electron chi connectivity index (χ4n) is 5.94. The number of amides is 1. The zero-order chi connectivity index (χ0) is 25.7. The van der Waals surface area contributed by atoms with Crippen molar-refractivity contribution in [2.45, 2.75) is 43.2 Å². The smallest absolute Gasteiger partial charge is 0.255 e. The van der Waals surface area contributed by atoms with E-state index in [0.29, 0.717) is 22.8 Å². The van der Waals surface area contributed by atoms with Crippen molar-refractivity contribution < 1.29 is 39.3 Å². The SMILES string of the molecule is NC(=O)C1=C(O)[C@@]2(O)C(=O)C3=C(O)c4c(O)ccc(-c5cc(C6CC6)no5)c4CC3C[C@H]2[C@@H](N)C1=O. The van der Waals surface area contributed by atoms with Crippen LogP contribution in [0.5, 0.6) is 5.75 Å². The van der Waals surface area contributed by atoms with Gasteiger partial charge < -0.3 is 36.4 Å². The highest BCUT2D eigenvalue weighted by Gasteiger charge is 2.63. The zero-order valence-corrected chi connectivity index (χ0v) is 18.9. The maximum Gasteiger partial charge on any atom is 0.255 e. The lowest BCUT2D eigenvalue weighted by molar-refractivity contribution is -0.149. The lowest BCUT2D eigenvalue weighted by atomic mass is 9.57. The van der Waals surface area contributed by atoms with Gasteiger partial charge in [-0.15, -0.1) is 0 Å². The summed E-state index contributed by atoms with van der Waals surface area (Å²) < 4.78 is 5.55. The van der Waals surface area contributed by atoms with Gasteiger partial charge in [-0.05, 0) is 49.3 Å². The Labute approximate surface area is 203 Å². The summed E-state index contributed by atoms with van der Waals surface area (Å²) in [5.41, 5.74) is 9.25. The minimum absolute atomic E-state index is 0.00620. The number of fused-ring (bicyclic) bond motifs is 3. The highest BCUT2D eigenvalue weighted by molar-refractivity contribution is 6.24. The molecular formula is C25H23N3O8. The number of primary amides is 1. The van der Waals surface area contributed by atoms with E-state index in [1.165, 1.54) is 6.07 Å². The molecule has 8 N–H and O–H groups in total. The Balaban J connectivity index is 1.52. The first-order valence-corrected chi connectivity index (χ1v) is 11.6. The Hall–Kier alpha value is -3.96. The number of ketones is 2. The van der Waals surface area contributed by atoms with E-state index in [4.69, 9.17) is 16.0 Å². The molecule has 0 saturated heterocycles. The minimum Gasteiger partial charge on any atom is -0.508 e. The van der Waals surface area contributed by atoms with Crippen LogP contribution in [0, 0.1) is 11.8 Å². The molecule has 36 heavy (non-hydrogen) atoms. The number of carbonyl (C=O) groups is 3. The molecule has 186 valence electrons. The number of nitrogens with two attached hydrogens (primary N) is 2. The largest absolute Gasteiger partial charge is 0.508 e. The molecule has 0 aliphatic heterocycles. The molecule has 4 atom stereocenters. The van der Waals surface area contributed by atoms with E-state index in [1.807, 2.05) is 6.07 Å². The molecule has 4 aliphatic carbocycles. The molecule has 0 spiro atoms. The number of hydrogen-bond acceptors (Lipinski definition) is 10. The molecule has 11 nitrogen and oxygen atoms in total. The van der Waals surface area contributed by atoms with Crippen molar-refractivity contribution in [3.05, 3.63) is 51.9 Å². The molecule has 1 amide bonds. The summed E-state index contributed by atoms with van der Waals surface area (Å²) in [4.78, 5) is 38.1. The van der Waals surface area contributed by atoms with Crippen LogP contribution in [0.1, 0.15) is 42.0 Å². The number of benzene rings is 1. The molecule has 0 bridgehead atoms. The van der Waals surface area contributed by atoms with Gasteiger partial charge in [0.25, 0.3) is 5.91 Å². The van der Waals surface area contributed by atoms with Gasteiger partial charge in [-0.25, -0.2) is 0 Å². The number of aliphatic hydroxyl groups excluding tert-OH is 2. The summed E-state index contributed by atoms with van der Waals surface area (Å²) in [6, 6.07) is 3.32. The van der Waals surface area contributed by atoms with E-state index in [1.54, 1.807) is 6.07 Å². The van der Waals surface area contributed by atoms with Crippen molar-refractivity contribution >= 4 is 23.2 Å². The topological polar surface area (TPSA) is 210 Å². The Kier molecular flexibility index (Phi) is 4.55. The number of phenols is 1. The van der Waals surface area contributed by atoms with Crippen molar-refractivity contribution in [2.24, 2.45) is 23.3 Å². The van der Waals surface area contributed by atoms with Gasteiger partial charge in [-0.3, -0.25) is 14.4 Å². The second-order valence-electron chi connectivity index (χ2n) is 9.96. The molecule has 0 radical (unpaired) electrons. The summed E-state index contributed by atoms with van der Waals surface area (Å²) in [6.07, 6.45) is 2.13. The van der Waals surface area contributed by atoms with Crippen LogP contribution in [-0.4, -0.2) is 54.7 Å². The fourth-order valence-corrected chi connectivity index (χ4v) is 5.94. The number of hydrogen-bond donors (Lipinski definition) is 6. The number of Topliss-reactive ketones (excluding diaryl/α,β-unsaturated/α-hetero) is 2. The average molecular weight is 493 g/mol. The van der Waals surface area contributed by atoms with Crippen LogP contribution >= 0.6 is 0 Å². The third-order valence-electron chi connectivity index (χ3n) is 7.92. The van der Waals surface area contributed by atoms with Gasteiger partial charge in [0, 0.05) is 29.0 Å². The fraction of sp³-hybridized carbons (Fsp3) is 0.360. The summed E-state index contributed by atoms with van der Waals surface area (Å²) >= 11 is 0. The van der Waals surface area contributed by atoms with Crippen molar-refractivity contribution in [3.8, 4) is 17.1 Å². The minimum atomic E-state index is -2.73. The van der Waals surface area contributed by atoms with E-state index >= 15 is 0 Å². The van der Waals surface area contributed by atoms with E-state index in [-0.39, 0.29) is 29.7 Å². The van der Waals surface area contributed by atoms with Gasteiger partial charge >= 0.3 is 0 Å². The van der Waals surface area contributed by atoms with Crippen molar-refractivity contribution in [1.29, 1.82) is 0 Å². The Morgan fingerprint density at radius 3 is 2.53 bits per heavy atom. The van der Waals surface area contributed by atoms with E-state index < -0.39 is 58.0 Å². The van der Waals surface area contributed by atoms with Gasteiger partial charge in [0.15, 0.2) is 17.1 Å². The summed E-state index contributed by atoms with van der Waals surface area (Å²) in [5.74, 6) is -6.63. The molecule has 11 heteroatoms. The first kappa shape index (κ1) is 22.5. The summed E-state index contributed by atoms with van der Waals surface area (Å²) in [7, 11) is 0. The normalized spacial score (nSPS) is 29.7. The predicted molar refractivity (Wildman–Crippen MR) is 122 cm³/mol. The highest BCUT2D eigenvalue weighted by atomic mass is 16.5. The summed E-state index contributed by atoms with van der Waals surface area (Å²) in [5, 5.41) is 48.0. The van der Waals surface area contributed by atoms with Crippen LogP contribution in [0.25, 0.3) is 17.1 Å². The number of nitrogens with zero attached hydrogens (tertiary/aromatic N) is 1. The second-order valence-corrected chi connectivity index (χ2v) is 9.96. The molecule has 4 aliphatic rings. The first-order valence-electron chi connectivity index (χ1n) is 11.6. The first-order chi connectivity index (χ1) is 17.1. The lowest BCUT2D eigenvalue weighted by Gasteiger charge is -2.48. The maximum absolute atomic E-state index is 13.6. The average Bonchev–Trinajstić information content (AvgIpc) is 3.56. The van der Waals surface area contributed by atoms with Crippen LogP contribution < -0.4 is 11.5 Å². The maximum atomic E-state index is 13.6. The number of aromatic nitrogens is 1. The van der Waals surface area contributed by atoms with Gasteiger partial charge in [0.2, 0.25) is 5.78 Å². The standard InChI is InChI=1S/C25H23N3O8/c26-19-12-6-9-5-11-10(15-7-13(28-36-15)8-1-2-8)3-4-14(29)17(11)20(30)16(9)22(32)25(12,35)23(33)18(21(19)31)24(27)34/h3-4,7-9,12,19,29-30,33,35H,1-2,5-6,26H2,(H2,27,34)/t9?,12-,19+,25-/m0/s1. The van der Waals surface area contributed by atoms with Crippen molar-refractivity contribution in [1.82, 2.24) is 5.16 Å². The highest BCUT2D eigenvalue weighted by Crippen LogP contribution is 2.53. The van der Waals surface area contributed by atoms with Crippen molar-refractivity contribution in [2.75, 3.05) is 0 Å². The second kappa shape index (κ2) is 7.28. The molecule has 1 heterocycles. The van der Waals surface area contributed by atoms with E-state index in [9.17, 15) is 34.8 Å². The van der Waals surface area contributed by atoms with Gasteiger partial charge in [-0.1, -0.05) is 5.16 Å². The number of carbonyl (C=O) groups excluding carboxylic acids is 3. The Bertz CT molecular complexity index is 1450. The third-order valence-corrected chi connectivity index (χ3v) is 7.92. The number of aromatic hydroxyl groups is 1. The predicted octanol–water partition coefficient (Wildman–Crippen LogP) is 0.893. The number of aliphatic hydroxyl groups is 3. The van der Waals surface area contributed by atoms with E-state index in [2.05, 4.69) is 5.16 Å². The van der Waals surface area contributed by atoms with Gasteiger partial charge in [-0.2, -0.15) is 0 Å². The molecule has 1 unspecified atom stereocenters. The van der Waals surface area contributed by atoms with E-state index in [0.717, 1.165) is 18.5 Å². The molecule has 1 aromatic carbocycles. The summed E-state index contributed by atoms with van der Waals surface area (Å²) in [6.45, 7) is 0. The van der Waals surface area contributed by atoms with Gasteiger partial charge in [0.1, 0.15) is 22.8 Å². The van der Waals surface area contributed by atoms with Gasteiger partial charge in [0.05, 0.1) is 17.3 Å². The Morgan fingerprint density at radius 1 is 1.14 bits per heavy atom.